The molecule has 7 nitrogen and oxygen atoms in total. The molecule has 4 unspecified atom stereocenters. The fraction of sp³-hybridized carbons (Fsp3) is 0.950. The van der Waals surface area contributed by atoms with Gasteiger partial charge in [-0.05, 0) is 31.1 Å². The second-order valence-corrected chi connectivity index (χ2v) is 9.22. The van der Waals surface area contributed by atoms with Crippen LogP contribution >= 0.6 is 0 Å². The van der Waals surface area contributed by atoms with Crippen LogP contribution in [0.4, 0.5) is 0 Å². The van der Waals surface area contributed by atoms with Crippen molar-refractivity contribution in [2.45, 2.75) is 70.6 Å². The zero-order chi connectivity index (χ0) is 19.4. The maximum absolute atomic E-state index is 11.9. The van der Waals surface area contributed by atoms with E-state index in [0.29, 0.717) is 38.9 Å². The van der Waals surface area contributed by atoms with Crippen LogP contribution in [0.25, 0.3) is 0 Å². The van der Waals surface area contributed by atoms with Crippen LogP contribution < -0.4 is 0 Å². The number of aliphatic hydroxyl groups excluding tert-OH is 3. The van der Waals surface area contributed by atoms with Gasteiger partial charge in [-0.15, -0.1) is 0 Å². The summed E-state index contributed by atoms with van der Waals surface area (Å²) in [6.45, 7) is 4.48. The van der Waals surface area contributed by atoms with E-state index in [1.54, 1.807) is 6.92 Å². The minimum atomic E-state index is -0.781. The Morgan fingerprint density at radius 3 is 2.67 bits per heavy atom. The van der Waals surface area contributed by atoms with Crippen molar-refractivity contribution in [3.05, 3.63) is 0 Å². The molecule has 2 saturated carbocycles. The first-order valence-electron chi connectivity index (χ1n) is 10.3. The van der Waals surface area contributed by atoms with Crippen molar-refractivity contribution in [3.8, 4) is 0 Å². The van der Waals surface area contributed by atoms with E-state index in [0.717, 1.165) is 6.42 Å². The quantitative estimate of drug-likeness (QED) is 0.619. The van der Waals surface area contributed by atoms with Crippen LogP contribution in [0, 0.1) is 28.6 Å². The third kappa shape index (κ3) is 2.85. The second kappa shape index (κ2) is 6.95. The summed E-state index contributed by atoms with van der Waals surface area (Å²) in [5.74, 6) is -0.220. The van der Waals surface area contributed by atoms with Gasteiger partial charge in [0.15, 0.2) is 6.29 Å². The predicted octanol–water partition coefficient (Wildman–Crippen LogP) is 0.838. The number of carbonyl (C=O) groups excluding carboxylic acids is 1. The SMILES string of the molecule is CCC(=O)O[C@H]1CCC2C3C(OC[C@@]21CO)[C@@]1(C)CO[C@H](O)CC1C[C@@H]3O. The van der Waals surface area contributed by atoms with Gasteiger partial charge in [-0.2, -0.15) is 0 Å². The van der Waals surface area contributed by atoms with Crippen LogP contribution in [0.1, 0.15) is 46.0 Å². The third-order valence-corrected chi connectivity index (χ3v) is 7.95. The van der Waals surface area contributed by atoms with Gasteiger partial charge >= 0.3 is 5.97 Å². The van der Waals surface area contributed by atoms with E-state index in [1.165, 1.54) is 0 Å². The highest BCUT2D eigenvalue weighted by Crippen LogP contribution is 2.61. The van der Waals surface area contributed by atoms with Crippen LogP contribution in [0.5, 0.6) is 0 Å². The van der Waals surface area contributed by atoms with Crippen molar-refractivity contribution in [2.24, 2.45) is 28.6 Å². The number of rotatable bonds is 3. The van der Waals surface area contributed by atoms with Gasteiger partial charge in [-0.1, -0.05) is 13.8 Å². The van der Waals surface area contributed by atoms with Crippen molar-refractivity contribution in [2.75, 3.05) is 19.8 Å². The molecule has 0 aromatic rings. The molecule has 4 fully saturated rings. The smallest absolute Gasteiger partial charge is 0.305 e. The van der Waals surface area contributed by atoms with E-state index in [-0.39, 0.29) is 48.0 Å². The molecule has 7 heteroatoms. The maximum Gasteiger partial charge on any atom is 0.305 e. The third-order valence-electron chi connectivity index (χ3n) is 7.95. The summed E-state index contributed by atoms with van der Waals surface area (Å²) >= 11 is 0. The van der Waals surface area contributed by atoms with E-state index in [9.17, 15) is 20.1 Å². The van der Waals surface area contributed by atoms with Crippen LogP contribution in [0.15, 0.2) is 0 Å². The Bertz CT molecular complexity index is 583. The highest BCUT2D eigenvalue weighted by Gasteiger charge is 2.66. The first-order chi connectivity index (χ1) is 12.9. The van der Waals surface area contributed by atoms with Gasteiger partial charge in [-0.25, -0.2) is 0 Å². The Labute approximate surface area is 160 Å². The molecule has 2 saturated heterocycles. The molecular weight excluding hydrogens is 352 g/mol. The standard InChI is InChI=1S/C20H32O7/c1-3-15(23)27-14-5-4-12-17-13(22)6-11-7-16(24)25-9-19(11,2)18(17)26-10-20(12,14)8-21/h11-14,16-18,21-22,24H,3-10H2,1-2H3/t11?,12?,13-,14-,16-,17?,18?,19-,20-/m0/s1. The summed E-state index contributed by atoms with van der Waals surface area (Å²) in [6, 6.07) is 0. The molecule has 0 amide bonds. The van der Waals surface area contributed by atoms with E-state index >= 15 is 0 Å². The van der Waals surface area contributed by atoms with Crippen molar-refractivity contribution in [1.82, 2.24) is 0 Å². The monoisotopic (exact) mass is 384 g/mol. The molecule has 4 aliphatic rings. The molecular formula is C20H32O7. The fourth-order valence-electron chi connectivity index (χ4n) is 6.37. The molecule has 9 atom stereocenters. The molecule has 2 aliphatic carbocycles. The zero-order valence-electron chi connectivity index (χ0n) is 16.2. The van der Waals surface area contributed by atoms with Gasteiger partial charge in [0.05, 0.1) is 37.4 Å². The summed E-state index contributed by atoms with van der Waals surface area (Å²) in [5.41, 5.74) is -0.922. The number of carbonyl (C=O) groups is 1. The second-order valence-electron chi connectivity index (χ2n) is 9.22. The lowest BCUT2D eigenvalue weighted by Gasteiger charge is -2.61. The summed E-state index contributed by atoms with van der Waals surface area (Å²) in [7, 11) is 0. The Morgan fingerprint density at radius 1 is 1.19 bits per heavy atom. The predicted molar refractivity (Wildman–Crippen MR) is 94.4 cm³/mol. The summed E-state index contributed by atoms with van der Waals surface area (Å²) in [6.07, 6.45) is 0.988. The van der Waals surface area contributed by atoms with Crippen molar-refractivity contribution in [1.29, 1.82) is 0 Å². The Kier molecular flexibility index (Phi) is 5.04. The van der Waals surface area contributed by atoms with Crippen LogP contribution in [-0.2, 0) is 19.0 Å². The molecule has 2 aliphatic heterocycles. The lowest BCUT2D eigenvalue weighted by Crippen LogP contribution is -2.66. The van der Waals surface area contributed by atoms with Gasteiger partial charge in [-0.3, -0.25) is 4.79 Å². The molecule has 27 heavy (non-hydrogen) atoms. The van der Waals surface area contributed by atoms with Crippen LogP contribution in [0.2, 0.25) is 0 Å². The van der Waals surface area contributed by atoms with E-state index in [1.807, 2.05) is 0 Å². The summed E-state index contributed by atoms with van der Waals surface area (Å²) in [5, 5.41) is 31.2. The molecule has 0 aromatic heterocycles. The summed E-state index contributed by atoms with van der Waals surface area (Å²) < 4.78 is 17.6. The molecule has 0 spiro atoms. The van der Waals surface area contributed by atoms with Crippen molar-refractivity contribution < 1.29 is 34.3 Å². The lowest BCUT2D eigenvalue weighted by molar-refractivity contribution is -0.292. The van der Waals surface area contributed by atoms with Crippen LogP contribution in [0.3, 0.4) is 0 Å². The number of hydrogen-bond acceptors (Lipinski definition) is 7. The minimum absolute atomic E-state index is 0.0375. The van der Waals surface area contributed by atoms with E-state index in [4.69, 9.17) is 14.2 Å². The normalized spacial score (nSPS) is 51.8. The molecule has 0 bridgehead atoms. The average Bonchev–Trinajstić information content (AvgIpc) is 3.02. The summed E-state index contributed by atoms with van der Waals surface area (Å²) in [4.78, 5) is 11.9. The number of hydrogen-bond donors (Lipinski definition) is 3. The maximum atomic E-state index is 11.9. The average molecular weight is 384 g/mol. The Hall–Kier alpha value is -0.730. The number of aliphatic hydroxyl groups is 3. The molecule has 4 rings (SSSR count). The topological polar surface area (TPSA) is 105 Å². The molecule has 3 N–H and O–H groups in total. The highest BCUT2D eigenvalue weighted by molar-refractivity contribution is 5.69. The van der Waals surface area contributed by atoms with Gasteiger partial charge in [0.25, 0.3) is 0 Å². The van der Waals surface area contributed by atoms with Gasteiger partial charge in [0, 0.05) is 24.2 Å². The fourth-order valence-corrected chi connectivity index (χ4v) is 6.37. The van der Waals surface area contributed by atoms with E-state index in [2.05, 4.69) is 6.92 Å². The molecule has 0 radical (unpaired) electrons. The van der Waals surface area contributed by atoms with Crippen LogP contribution in [-0.4, -0.2) is 65.7 Å². The Balaban J connectivity index is 1.62. The number of ether oxygens (including phenoxy) is 3. The number of esters is 1. The minimum Gasteiger partial charge on any atom is -0.462 e. The molecule has 154 valence electrons. The highest BCUT2D eigenvalue weighted by atomic mass is 16.6. The van der Waals surface area contributed by atoms with Gasteiger partial charge < -0.3 is 29.5 Å². The molecule has 0 aromatic carbocycles. The van der Waals surface area contributed by atoms with Crippen molar-refractivity contribution >= 4 is 5.97 Å². The van der Waals surface area contributed by atoms with E-state index < -0.39 is 17.8 Å². The largest absolute Gasteiger partial charge is 0.462 e. The lowest BCUT2D eigenvalue weighted by atomic mass is 9.53. The first-order valence-corrected chi connectivity index (χ1v) is 10.3. The Morgan fingerprint density at radius 2 is 1.96 bits per heavy atom. The number of fused-ring (bicyclic) bond motifs is 5. The first kappa shape index (κ1) is 19.6. The van der Waals surface area contributed by atoms with Crippen molar-refractivity contribution in [3.63, 3.8) is 0 Å². The van der Waals surface area contributed by atoms with Gasteiger partial charge in [0.1, 0.15) is 6.10 Å². The van der Waals surface area contributed by atoms with Gasteiger partial charge in [0.2, 0.25) is 0 Å². The zero-order valence-corrected chi connectivity index (χ0v) is 16.2. The molecule has 2 heterocycles.